The largest absolute Gasteiger partial charge is 0.497 e. The van der Waals surface area contributed by atoms with Crippen molar-refractivity contribution in [2.45, 2.75) is 55.9 Å². The van der Waals surface area contributed by atoms with Crippen molar-refractivity contribution in [3.8, 4) is 17.6 Å². The molecule has 0 aromatic heterocycles. The zero-order valence-corrected chi connectivity index (χ0v) is 22.8. The maximum atomic E-state index is 13.5. The Hall–Kier alpha value is -3.27. The number of aliphatic hydroxyl groups excluding tert-OH is 1. The van der Waals surface area contributed by atoms with Crippen LogP contribution in [-0.4, -0.2) is 37.2 Å². The van der Waals surface area contributed by atoms with E-state index in [0.29, 0.717) is 29.7 Å². The molecule has 0 aliphatic heterocycles. The van der Waals surface area contributed by atoms with Gasteiger partial charge in [-0.05, 0) is 66.3 Å². The summed E-state index contributed by atoms with van der Waals surface area (Å²) in [5, 5.41) is 12.8. The fourth-order valence-electron chi connectivity index (χ4n) is 4.90. The number of fused-ring (bicyclic) bond motifs is 1. The molecule has 2 unspecified atom stereocenters. The monoisotopic (exact) mass is 530 g/mol. The van der Waals surface area contributed by atoms with Crippen molar-refractivity contribution >= 4 is 34.3 Å². The quantitative estimate of drug-likeness (QED) is 0.133. The van der Waals surface area contributed by atoms with Crippen LogP contribution in [0.4, 0.5) is 0 Å². The summed E-state index contributed by atoms with van der Waals surface area (Å²) < 4.78 is 10.0. The molecule has 0 spiro atoms. The Morgan fingerprint density at radius 1 is 1.21 bits per heavy atom. The van der Waals surface area contributed by atoms with Gasteiger partial charge in [-0.25, -0.2) is 0 Å². The fraction of sp³-hybridized carbons (Fsp3) is 0.375. The molecule has 1 N–H and O–H groups in total. The van der Waals surface area contributed by atoms with Crippen molar-refractivity contribution in [1.82, 2.24) is 0 Å². The molecule has 0 amide bonds. The van der Waals surface area contributed by atoms with Gasteiger partial charge >= 0.3 is 5.97 Å². The second-order valence-corrected chi connectivity index (χ2v) is 10.7. The Bertz CT molecular complexity index is 1320. The van der Waals surface area contributed by atoms with Gasteiger partial charge in [0.1, 0.15) is 5.75 Å². The number of unbranched alkanes of at least 4 members (excludes halogenated alkanes) is 1. The van der Waals surface area contributed by atoms with Gasteiger partial charge in [0.15, 0.2) is 5.78 Å². The van der Waals surface area contributed by atoms with Crippen LogP contribution in [0.2, 0.25) is 0 Å². The number of hydrogen-bond acceptors (Lipinski definition) is 6. The lowest BCUT2D eigenvalue weighted by Gasteiger charge is -2.14. The number of carbonyl (C=O) groups excluding carboxylic acids is 2. The minimum absolute atomic E-state index is 0.0469. The van der Waals surface area contributed by atoms with Crippen LogP contribution in [0.15, 0.2) is 76.1 Å². The third-order valence-electron chi connectivity index (χ3n) is 7.08. The molecule has 1 saturated carbocycles. The second-order valence-electron chi connectivity index (χ2n) is 9.60. The Balaban J connectivity index is 1.55. The van der Waals surface area contributed by atoms with Gasteiger partial charge in [0.05, 0.1) is 25.2 Å². The lowest BCUT2D eigenvalue weighted by Crippen LogP contribution is -2.14. The number of carbonyl (C=O) groups is 2. The van der Waals surface area contributed by atoms with E-state index in [4.69, 9.17) is 4.74 Å². The van der Waals surface area contributed by atoms with Crippen LogP contribution in [0.3, 0.4) is 0 Å². The summed E-state index contributed by atoms with van der Waals surface area (Å²) in [4.78, 5) is 26.4. The van der Waals surface area contributed by atoms with E-state index < -0.39 is 6.10 Å². The number of esters is 1. The van der Waals surface area contributed by atoms with Crippen molar-refractivity contribution in [1.29, 1.82) is 0 Å². The first-order valence-corrected chi connectivity index (χ1v) is 13.9. The van der Waals surface area contributed by atoms with E-state index in [1.165, 1.54) is 18.9 Å². The summed E-state index contributed by atoms with van der Waals surface area (Å²) in [5.74, 6) is 6.58. The van der Waals surface area contributed by atoms with Crippen molar-refractivity contribution in [3.63, 3.8) is 0 Å². The normalized spacial score (nSPS) is 19.6. The topological polar surface area (TPSA) is 72.8 Å². The van der Waals surface area contributed by atoms with Gasteiger partial charge < -0.3 is 14.6 Å². The number of hydrogen-bond donors (Lipinski definition) is 1. The lowest BCUT2D eigenvalue weighted by atomic mass is 9.96. The van der Waals surface area contributed by atoms with E-state index >= 15 is 0 Å². The molecule has 0 radical (unpaired) electrons. The zero-order valence-electron chi connectivity index (χ0n) is 21.9. The van der Waals surface area contributed by atoms with E-state index in [-0.39, 0.29) is 23.6 Å². The Labute approximate surface area is 229 Å². The summed E-state index contributed by atoms with van der Waals surface area (Å²) in [6.45, 7) is 0. The standard InChI is InChI=1S/C32H34O5S/c1-36-25-17-18-26-23(20-25)12-9-14-29(26)38-30-21-24(16-19-28(33)22-10-7-8-11-22)27(32(30)35)13-5-3-4-6-15-31(34)37-2/h9,12-14,16-22,24,28,33H,4,6-8,10-11,15H2,1-2H3/b19-16+,27-13-. The first kappa shape index (κ1) is 27.8. The molecule has 1 fully saturated rings. The molecule has 5 nitrogen and oxygen atoms in total. The first-order valence-electron chi connectivity index (χ1n) is 13.1. The number of ketones is 1. The van der Waals surface area contributed by atoms with Crippen LogP contribution in [0, 0.1) is 23.7 Å². The van der Waals surface area contributed by atoms with Crippen molar-refractivity contribution < 1.29 is 24.2 Å². The van der Waals surface area contributed by atoms with E-state index in [1.54, 1.807) is 13.2 Å². The summed E-state index contributed by atoms with van der Waals surface area (Å²) >= 11 is 1.46. The van der Waals surface area contributed by atoms with E-state index in [2.05, 4.69) is 16.6 Å². The summed E-state index contributed by atoms with van der Waals surface area (Å²) in [6, 6.07) is 12.0. The van der Waals surface area contributed by atoms with Crippen LogP contribution >= 0.6 is 11.8 Å². The maximum absolute atomic E-state index is 13.5. The number of ether oxygens (including phenoxy) is 2. The van der Waals surface area contributed by atoms with Crippen LogP contribution < -0.4 is 4.74 Å². The van der Waals surface area contributed by atoms with Crippen molar-refractivity contribution in [2.24, 2.45) is 11.8 Å². The molecule has 198 valence electrons. The van der Waals surface area contributed by atoms with Gasteiger partial charge in [-0.2, -0.15) is 0 Å². The average molecular weight is 531 g/mol. The number of methoxy groups -OCH3 is 2. The lowest BCUT2D eigenvalue weighted by molar-refractivity contribution is -0.140. The number of thioether (sulfide) groups is 1. The number of Topliss-reactive ketones (excluding diaryl/α,β-unsaturated/α-hetero) is 1. The van der Waals surface area contributed by atoms with Crippen LogP contribution in [-0.2, 0) is 14.3 Å². The van der Waals surface area contributed by atoms with E-state index in [9.17, 15) is 14.7 Å². The highest BCUT2D eigenvalue weighted by molar-refractivity contribution is 8.04. The molecule has 2 aliphatic rings. The Morgan fingerprint density at radius 2 is 2.03 bits per heavy atom. The third-order valence-corrected chi connectivity index (χ3v) is 8.20. The van der Waals surface area contributed by atoms with Crippen LogP contribution in [0.1, 0.15) is 44.9 Å². The van der Waals surface area contributed by atoms with Crippen LogP contribution in [0.25, 0.3) is 10.8 Å². The molecular formula is C32H34O5S. The van der Waals surface area contributed by atoms with Crippen LogP contribution in [0.5, 0.6) is 5.75 Å². The molecule has 0 bridgehead atoms. The smallest absolute Gasteiger partial charge is 0.305 e. The van der Waals surface area contributed by atoms with Gasteiger partial charge in [0, 0.05) is 29.2 Å². The fourth-order valence-corrected chi connectivity index (χ4v) is 6.01. The minimum Gasteiger partial charge on any atom is -0.497 e. The molecule has 2 aliphatic carbocycles. The van der Waals surface area contributed by atoms with E-state index in [0.717, 1.165) is 47.1 Å². The predicted octanol–water partition coefficient (Wildman–Crippen LogP) is 6.40. The third kappa shape index (κ3) is 6.98. The highest BCUT2D eigenvalue weighted by atomic mass is 32.2. The molecule has 2 aromatic carbocycles. The predicted molar refractivity (Wildman–Crippen MR) is 152 cm³/mol. The van der Waals surface area contributed by atoms with Gasteiger partial charge in [-0.3, -0.25) is 9.59 Å². The molecule has 0 saturated heterocycles. The number of allylic oxidation sites excluding steroid dienone is 5. The van der Waals surface area contributed by atoms with Gasteiger partial charge in [0.25, 0.3) is 0 Å². The molecule has 0 heterocycles. The first-order chi connectivity index (χ1) is 18.5. The Kier molecular flexibility index (Phi) is 9.86. The summed E-state index contributed by atoms with van der Waals surface area (Å²) in [6.07, 6.45) is 12.8. The maximum Gasteiger partial charge on any atom is 0.305 e. The minimum atomic E-state index is -0.503. The molecule has 4 rings (SSSR count). The van der Waals surface area contributed by atoms with Gasteiger partial charge in [-0.1, -0.05) is 66.8 Å². The number of rotatable bonds is 9. The SMILES string of the molecule is COC(=O)CCCC#C/C=C1\C(=O)C(Sc2cccc3cc(OC)ccc23)=CC1/C=C/C(O)C1CCCC1. The Morgan fingerprint density at radius 3 is 2.79 bits per heavy atom. The second kappa shape index (κ2) is 13.5. The highest BCUT2D eigenvalue weighted by Gasteiger charge is 2.30. The van der Waals surface area contributed by atoms with Gasteiger partial charge in [-0.15, -0.1) is 0 Å². The number of benzene rings is 2. The average Bonchev–Trinajstić information content (AvgIpc) is 3.58. The summed E-state index contributed by atoms with van der Waals surface area (Å²) in [5.41, 5.74) is 0.602. The van der Waals surface area contributed by atoms with Gasteiger partial charge in [0.2, 0.25) is 0 Å². The molecule has 2 atom stereocenters. The summed E-state index contributed by atoms with van der Waals surface area (Å²) in [7, 11) is 3.02. The highest BCUT2D eigenvalue weighted by Crippen LogP contribution is 2.41. The van der Waals surface area contributed by atoms with Crippen molar-refractivity contribution in [3.05, 3.63) is 71.2 Å². The molecule has 38 heavy (non-hydrogen) atoms. The zero-order chi connectivity index (χ0) is 26.9. The van der Waals surface area contributed by atoms with E-state index in [1.807, 2.05) is 54.6 Å². The van der Waals surface area contributed by atoms with Crippen molar-refractivity contribution in [2.75, 3.05) is 14.2 Å². The molecule has 2 aromatic rings. The molecule has 6 heteroatoms. The number of aliphatic hydroxyl groups is 1. The molecular weight excluding hydrogens is 496 g/mol.